The first-order chi connectivity index (χ1) is 14.3. The molecule has 156 valence electrons. The van der Waals surface area contributed by atoms with Crippen molar-refractivity contribution in [1.29, 1.82) is 0 Å². The normalized spacial score (nSPS) is 17.3. The zero-order valence-corrected chi connectivity index (χ0v) is 15.7. The molecule has 2 aliphatic rings. The number of rotatable bonds is 2. The van der Waals surface area contributed by atoms with E-state index in [0.29, 0.717) is 41.1 Å². The van der Waals surface area contributed by atoms with E-state index in [1.807, 2.05) is 0 Å². The average molecular weight is 417 g/mol. The van der Waals surface area contributed by atoms with Gasteiger partial charge in [-0.15, -0.1) is 0 Å². The van der Waals surface area contributed by atoms with Gasteiger partial charge >= 0.3 is 12.2 Å². The highest BCUT2D eigenvalue weighted by molar-refractivity contribution is 6.05. The average Bonchev–Trinajstić information content (AvgIpc) is 2.89. The van der Waals surface area contributed by atoms with Gasteiger partial charge in [0.25, 0.3) is 0 Å². The molecule has 3 amide bonds. The van der Waals surface area contributed by atoms with E-state index in [4.69, 9.17) is 4.74 Å². The predicted octanol–water partition coefficient (Wildman–Crippen LogP) is 4.28. The summed E-state index contributed by atoms with van der Waals surface area (Å²) < 4.78 is 44.5. The first kappa shape index (κ1) is 20.0. The minimum Gasteiger partial charge on any atom is -0.376 e. The summed E-state index contributed by atoms with van der Waals surface area (Å²) in [5.41, 5.74) is 2.70. The molecule has 30 heavy (non-hydrogen) atoms. The van der Waals surface area contributed by atoms with Gasteiger partial charge in [0, 0.05) is 29.6 Å². The van der Waals surface area contributed by atoms with Crippen LogP contribution in [0.15, 0.2) is 42.5 Å². The predicted molar refractivity (Wildman–Crippen MR) is 105 cm³/mol. The molecular weight excluding hydrogens is 399 g/mol. The minimum absolute atomic E-state index is 0.0514. The molecule has 2 aromatic carbocycles. The highest BCUT2D eigenvalue weighted by Gasteiger charge is 2.31. The zero-order valence-electron chi connectivity index (χ0n) is 15.7. The molecule has 9 heteroatoms. The molecular formula is C21H18F3N3O3. The number of halogens is 3. The summed E-state index contributed by atoms with van der Waals surface area (Å²) in [6, 6.07) is 8.30. The first-order valence-corrected chi connectivity index (χ1v) is 9.28. The van der Waals surface area contributed by atoms with Gasteiger partial charge in [0.1, 0.15) is 0 Å². The lowest BCUT2D eigenvalue weighted by Gasteiger charge is -2.21. The Kier molecular flexibility index (Phi) is 5.21. The number of alkyl halides is 3. The van der Waals surface area contributed by atoms with Crippen LogP contribution in [0.1, 0.15) is 28.7 Å². The standard InChI is InChI=1S/C21H18F3N3O3/c22-21(23,24)14-4-5-15-12(6-7-30-11-13(15)8-14)9-19(28)26-17-2-1-3-18-16(17)10-25-20(29)27-18/h1-5,8-9H,6-7,10-11H2,(H,26,28)(H2,25,27,29)/b12-9+. The second-order valence-corrected chi connectivity index (χ2v) is 6.97. The Morgan fingerprint density at radius 2 is 2.03 bits per heavy atom. The van der Waals surface area contributed by atoms with Crippen LogP contribution in [0.25, 0.3) is 5.57 Å². The molecule has 0 fully saturated rings. The molecule has 0 bridgehead atoms. The molecule has 0 saturated heterocycles. The van der Waals surface area contributed by atoms with E-state index >= 15 is 0 Å². The fourth-order valence-corrected chi connectivity index (χ4v) is 3.53. The largest absolute Gasteiger partial charge is 0.416 e. The van der Waals surface area contributed by atoms with Crippen LogP contribution in [-0.4, -0.2) is 18.5 Å². The van der Waals surface area contributed by atoms with E-state index in [0.717, 1.165) is 17.7 Å². The molecule has 6 nitrogen and oxygen atoms in total. The molecule has 3 N–H and O–H groups in total. The Hall–Kier alpha value is -3.33. The van der Waals surface area contributed by atoms with Gasteiger partial charge in [0.15, 0.2) is 0 Å². The van der Waals surface area contributed by atoms with Crippen LogP contribution in [0.2, 0.25) is 0 Å². The van der Waals surface area contributed by atoms with Gasteiger partial charge in [-0.05, 0) is 47.4 Å². The van der Waals surface area contributed by atoms with Crippen LogP contribution < -0.4 is 16.0 Å². The van der Waals surface area contributed by atoms with Crippen LogP contribution >= 0.6 is 0 Å². The number of hydrogen-bond donors (Lipinski definition) is 3. The number of hydrogen-bond acceptors (Lipinski definition) is 3. The smallest absolute Gasteiger partial charge is 0.376 e. The summed E-state index contributed by atoms with van der Waals surface area (Å²) in [6.45, 7) is 0.618. The molecule has 0 unspecified atom stereocenters. The number of amides is 3. The lowest BCUT2D eigenvalue weighted by Crippen LogP contribution is -2.34. The number of benzene rings is 2. The van der Waals surface area contributed by atoms with Crippen molar-refractivity contribution in [2.24, 2.45) is 0 Å². The van der Waals surface area contributed by atoms with Crippen LogP contribution in [-0.2, 0) is 28.9 Å². The molecule has 0 atom stereocenters. The van der Waals surface area contributed by atoms with Crippen LogP contribution in [0, 0.1) is 0 Å². The molecule has 2 aliphatic heterocycles. The highest BCUT2D eigenvalue weighted by atomic mass is 19.4. The highest BCUT2D eigenvalue weighted by Crippen LogP contribution is 2.34. The van der Waals surface area contributed by atoms with Gasteiger partial charge < -0.3 is 20.7 Å². The number of nitrogens with one attached hydrogen (secondary N) is 3. The molecule has 0 radical (unpaired) electrons. The van der Waals surface area contributed by atoms with Gasteiger partial charge in [0.05, 0.1) is 18.8 Å². The Bertz CT molecular complexity index is 1050. The zero-order chi connectivity index (χ0) is 21.3. The van der Waals surface area contributed by atoms with E-state index in [9.17, 15) is 22.8 Å². The Labute approximate surface area is 170 Å². The lowest BCUT2D eigenvalue weighted by atomic mass is 9.96. The number of urea groups is 1. The summed E-state index contributed by atoms with van der Waals surface area (Å²) in [5.74, 6) is -0.414. The third-order valence-electron chi connectivity index (χ3n) is 4.96. The van der Waals surface area contributed by atoms with E-state index in [1.54, 1.807) is 18.2 Å². The van der Waals surface area contributed by atoms with Crippen molar-refractivity contribution in [2.75, 3.05) is 17.2 Å². The van der Waals surface area contributed by atoms with Crippen molar-refractivity contribution in [3.05, 3.63) is 64.7 Å². The van der Waals surface area contributed by atoms with Gasteiger partial charge in [-0.25, -0.2) is 4.79 Å². The second kappa shape index (κ2) is 7.83. The maximum atomic E-state index is 13.0. The summed E-state index contributed by atoms with van der Waals surface area (Å²) in [7, 11) is 0. The first-order valence-electron chi connectivity index (χ1n) is 9.28. The third kappa shape index (κ3) is 4.16. The number of carbonyl (C=O) groups is 2. The molecule has 0 spiro atoms. The van der Waals surface area contributed by atoms with Crippen LogP contribution in [0.4, 0.5) is 29.3 Å². The topological polar surface area (TPSA) is 79.5 Å². The number of anilines is 2. The van der Waals surface area contributed by atoms with Crippen molar-refractivity contribution in [3.8, 4) is 0 Å². The molecule has 4 rings (SSSR count). The van der Waals surface area contributed by atoms with Crippen molar-refractivity contribution in [3.63, 3.8) is 0 Å². The third-order valence-corrected chi connectivity index (χ3v) is 4.96. The SMILES string of the molecule is O=C(/C=C1\CCOCc2cc(C(F)(F)F)ccc21)Nc1cccc2c1CNC(=O)N2. The number of ether oxygens (including phenoxy) is 1. The molecule has 0 saturated carbocycles. The Morgan fingerprint density at radius 1 is 1.20 bits per heavy atom. The van der Waals surface area contributed by atoms with Crippen LogP contribution in [0.5, 0.6) is 0 Å². The summed E-state index contributed by atoms with van der Waals surface area (Å²) in [6.07, 6.45) is -2.66. The summed E-state index contributed by atoms with van der Waals surface area (Å²) >= 11 is 0. The van der Waals surface area contributed by atoms with E-state index in [2.05, 4.69) is 16.0 Å². The summed E-state index contributed by atoms with van der Waals surface area (Å²) in [5, 5.41) is 8.11. The number of fused-ring (bicyclic) bond motifs is 2. The fraction of sp³-hybridized carbons (Fsp3) is 0.238. The van der Waals surface area contributed by atoms with E-state index in [-0.39, 0.29) is 19.2 Å². The monoisotopic (exact) mass is 417 g/mol. The van der Waals surface area contributed by atoms with E-state index in [1.165, 1.54) is 12.1 Å². The van der Waals surface area contributed by atoms with Gasteiger partial charge in [-0.2, -0.15) is 13.2 Å². The maximum absolute atomic E-state index is 13.0. The van der Waals surface area contributed by atoms with Gasteiger partial charge in [-0.1, -0.05) is 12.1 Å². The van der Waals surface area contributed by atoms with E-state index < -0.39 is 17.6 Å². The molecule has 0 aromatic heterocycles. The minimum atomic E-state index is -4.45. The second-order valence-electron chi connectivity index (χ2n) is 6.97. The van der Waals surface area contributed by atoms with Crippen molar-refractivity contribution in [2.45, 2.75) is 25.7 Å². The summed E-state index contributed by atoms with van der Waals surface area (Å²) in [4.78, 5) is 24.1. The van der Waals surface area contributed by atoms with Gasteiger partial charge in [0.2, 0.25) is 5.91 Å². The lowest BCUT2D eigenvalue weighted by molar-refractivity contribution is -0.137. The van der Waals surface area contributed by atoms with Crippen LogP contribution in [0.3, 0.4) is 0 Å². The molecule has 2 aromatic rings. The number of carbonyl (C=O) groups excluding carboxylic acids is 2. The van der Waals surface area contributed by atoms with Crippen molar-refractivity contribution >= 4 is 28.9 Å². The quantitative estimate of drug-likeness (QED) is 0.638. The van der Waals surface area contributed by atoms with Gasteiger partial charge in [-0.3, -0.25) is 4.79 Å². The Balaban J connectivity index is 1.61. The molecule has 0 aliphatic carbocycles. The maximum Gasteiger partial charge on any atom is 0.416 e. The van der Waals surface area contributed by atoms with Crippen molar-refractivity contribution in [1.82, 2.24) is 5.32 Å². The Morgan fingerprint density at radius 3 is 2.83 bits per heavy atom. The molecule has 2 heterocycles. The van der Waals surface area contributed by atoms with Crippen molar-refractivity contribution < 1.29 is 27.5 Å². The fourth-order valence-electron chi connectivity index (χ4n) is 3.53.